The number of hydrogen-bond acceptors (Lipinski definition) is 6. The van der Waals surface area contributed by atoms with E-state index in [0.29, 0.717) is 11.7 Å². The first-order chi connectivity index (χ1) is 10.3. The predicted octanol–water partition coefficient (Wildman–Crippen LogP) is 2.15. The molecule has 4 rings (SSSR count). The number of aromatic nitrogens is 6. The maximum absolute atomic E-state index is 5.00. The molecule has 0 aliphatic carbocycles. The molecule has 0 bridgehead atoms. The van der Waals surface area contributed by atoms with Gasteiger partial charge in [0.2, 0.25) is 11.7 Å². The van der Waals surface area contributed by atoms with Crippen molar-refractivity contribution in [3.8, 4) is 22.8 Å². The van der Waals surface area contributed by atoms with E-state index in [1.807, 2.05) is 30.5 Å². The summed E-state index contributed by atoms with van der Waals surface area (Å²) in [6.07, 6.45) is 5.28. The third kappa shape index (κ3) is 2.04. The molecule has 0 unspecified atom stereocenters. The SMILES string of the molecule is Cc1nc(-c2ccnc(-c3cc4ncccn4n3)c2)no1. The average Bonchev–Trinajstić information content (AvgIpc) is 3.13. The summed E-state index contributed by atoms with van der Waals surface area (Å²) >= 11 is 0. The van der Waals surface area contributed by atoms with Gasteiger partial charge in [0.1, 0.15) is 5.69 Å². The first-order valence-corrected chi connectivity index (χ1v) is 6.37. The third-order valence-electron chi connectivity index (χ3n) is 3.04. The molecule has 102 valence electrons. The van der Waals surface area contributed by atoms with E-state index >= 15 is 0 Å². The van der Waals surface area contributed by atoms with E-state index in [2.05, 4.69) is 25.2 Å². The van der Waals surface area contributed by atoms with Gasteiger partial charge in [0.15, 0.2) is 5.65 Å². The van der Waals surface area contributed by atoms with Crippen LogP contribution in [-0.2, 0) is 0 Å². The summed E-state index contributed by atoms with van der Waals surface area (Å²) < 4.78 is 6.71. The molecule has 0 N–H and O–H groups in total. The van der Waals surface area contributed by atoms with Crippen LogP contribution in [0.25, 0.3) is 28.4 Å². The van der Waals surface area contributed by atoms with E-state index in [0.717, 1.165) is 22.6 Å². The van der Waals surface area contributed by atoms with E-state index in [1.165, 1.54) is 0 Å². The van der Waals surface area contributed by atoms with Crippen LogP contribution in [0.1, 0.15) is 5.89 Å². The fourth-order valence-corrected chi connectivity index (χ4v) is 2.08. The average molecular weight is 278 g/mol. The Morgan fingerprint density at radius 1 is 1.10 bits per heavy atom. The number of nitrogens with zero attached hydrogens (tertiary/aromatic N) is 6. The number of pyridine rings is 1. The molecule has 0 atom stereocenters. The van der Waals surface area contributed by atoms with Gasteiger partial charge in [-0.2, -0.15) is 10.1 Å². The smallest absolute Gasteiger partial charge is 0.223 e. The first-order valence-electron chi connectivity index (χ1n) is 6.37. The van der Waals surface area contributed by atoms with Crippen LogP contribution < -0.4 is 0 Å². The summed E-state index contributed by atoms with van der Waals surface area (Å²) in [5.41, 5.74) is 3.09. The van der Waals surface area contributed by atoms with Gasteiger partial charge in [0, 0.05) is 37.1 Å². The molecule has 0 aliphatic heterocycles. The Kier molecular flexibility index (Phi) is 2.50. The topological polar surface area (TPSA) is 82.0 Å². The van der Waals surface area contributed by atoms with Crippen LogP contribution in [0.3, 0.4) is 0 Å². The molecular weight excluding hydrogens is 268 g/mol. The highest BCUT2D eigenvalue weighted by atomic mass is 16.5. The fourth-order valence-electron chi connectivity index (χ4n) is 2.08. The second-order valence-corrected chi connectivity index (χ2v) is 4.52. The summed E-state index contributed by atoms with van der Waals surface area (Å²) in [7, 11) is 0. The molecule has 0 saturated heterocycles. The van der Waals surface area contributed by atoms with Crippen molar-refractivity contribution in [2.45, 2.75) is 6.92 Å². The molecule has 0 radical (unpaired) electrons. The normalized spacial score (nSPS) is 11.1. The molecule has 0 saturated carbocycles. The minimum Gasteiger partial charge on any atom is -0.339 e. The summed E-state index contributed by atoms with van der Waals surface area (Å²) in [5, 5.41) is 8.36. The predicted molar refractivity (Wildman–Crippen MR) is 74.2 cm³/mol. The molecule has 4 aromatic heterocycles. The van der Waals surface area contributed by atoms with Gasteiger partial charge in [-0.1, -0.05) is 5.16 Å². The Balaban J connectivity index is 1.81. The second kappa shape index (κ2) is 4.48. The van der Waals surface area contributed by atoms with Crippen LogP contribution in [0.4, 0.5) is 0 Å². The molecule has 0 aromatic carbocycles. The third-order valence-corrected chi connectivity index (χ3v) is 3.04. The lowest BCUT2D eigenvalue weighted by Gasteiger charge is -1.97. The van der Waals surface area contributed by atoms with Gasteiger partial charge < -0.3 is 4.52 Å². The van der Waals surface area contributed by atoms with Crippen molar-refractivity contribution >= 4 is 5.65 Å². The molecule has 21 heavy (non-hydrogen) atoms. The molecule has 0 aliphatic rings. The first kappa shape index (κ1) is 11.7. The van der Waals surface area contributed by atoms with Gasteiger partial charge in [-0.3, -0.25) is 4.98 Å². The lowest BCUT2D eigenvalue weighted by Crippen LogP contribution is -1.89. The Labute approximate surface area is 119 Å². The highest BCUT2D eigenvalue weighted by molar-refractivity contribution is 5.66. The van der Waals surface area contributed by atoms with E-state index in [4.69, 9.17) is 4.52 Å². The maximum atomic E-state index is 5.00. The lowest BCUT2D eigenvalue weighted by atomic mass is 10.2. The van der Waals surface area contributed by atoms with Crippen LogP contribution in [0.2, 0.25) is 0 Å². The number of rotatable bonds is 2. The largest absolute Gasteiger partial charge is 0.339 e. The van der Waals surface area contributed by atoms with Gasteiger partial charge >= 0.3 is 0 Å². The summed E-state index contributed by atoms with van der Waals surface area (Å²) in [6, 6.07) is 7.43. The van der Waals surface area contributed by atoms with Gasteiger partial charge in [-0.25, -0.2) is 9.50 Å². The van der Waals surface area contributed by atoms with Crippen LogP contribution in [0, 0.1) is 6.92 Å². The highest BCUT2D eigenvalue weighted by Gasteiger charge is 2.10. The maximum Gasteiger partial charge on any atom is 0.223 e. The van der Waals surface area contributed by atoms with Crippen molar-refractivity contribution in [2.24, 2.45) is 0 Å². The van der Waals surface area contributed by atoms with E-state index in [-0.39, 0.29) is 0 Å². The fraction of sp³-hybridized carbons (Fsp3) is 0.0714. The number of aryl methyl sites for hydroxylation is 1. The number of fused-ring (bicyclic) bond motifs is 1. The van der Waals surface area contributed by atoms with Crippen LogP contribution in [-0.4, -0.2) is 29.7 Å². The highest BCUT2D eigenvalue weighted by Crippen LogP contribution is 2.22. The zero-order valence-electron chi connectivity index (χ0n) is 11.1. The summed E-state index contributed by atoms with van der Waals surface area (Å²) in [4.78, 5) is 12.8. The minimum atomic E-state index is 0.528. The molecule has 4 heterocycles. The Morgan fingerprint density at radius 2 is 2.05 bits per heavy atom. The lowest BCUT2D eigenvalue weighted by molar-refractivity contribution is 0.394. The van der Waals surface area contributed by atoms with Crippen molar-refractivity contribution in [1.82, 2.24) is 29.7 Å². The summed E-state index contributed by atoms with van der Waals surface area (Å²) in [6.45, 7) is 1.76. The van der Waals surface area contributed by atoms with Crippen molar-refractivity contribution in [3.05, 3.63) is 48.7 Å². The van der Waals surface area contributed by atoms with Gasteiger partial charge in [-0.05, 0) is 18.2 Å². The molecule has 7 heteroatoms. The van der Waals surface area contributed by atoms with Gasteiger partial charge in [0.05, 0.1) is 5.69 Å². The number of hydrogen-bond donors (Lipinski definition) is 0. The van der Waals surface area contributed by atoms with E-state index in [9.17, 15) is 0 Å². The standard InChI is InChI=1S/C14H10N6O/c1-9-17-14(19-21-9)10-3-5-15-11(7-10)12-8-13-16-4-2-6-20(13)18-12/h2-8H,1H3. The quantitative estimate of drug-likeness (QED) is 0.558. The van der Waals surface area contributed by atoms with Crippen LogP contribution in [0.15, 0.2) is 47.4 Å². The molecule has 0 amide bonds. The van der Waals surface area contributed by atoms with Crippen molar-refractivity contribution < 1.29 is 4.52 Å². The molecular formula is C14H10N6O. The van der Waals surface area contributed by atoms with Crippen molar-refractivity contribution in [2.75, 3.05) is 0 Å². The van der Waals surface area contributed by atoms with E-state index in [1.54, 1.807) is 23.8 Å². The Morgan fingerprint density at radius 3 is 2.86 bits per heavy atom. The van der Waals surface area contributed by atoms with Crippen LogP contribution in [0.5, 0.6) is 0 Å². The zero-order chi connectivity index (χ0) is 14.2. The molecule has 0 fully saturated rings. The molecule has 7 nitrogen and oxygen atoms in total. The molecule has 4 aromatic rings. The minimum absolute atomic E-state index is 0.528. The Hall–Kier alpha value is -3.09. The van der Waals surface area contributed by atoms with Crippen LogP contribution >= 0.6 is 0 Å². The summed E-state index contributed by atoms with van der Waals surface area (Å²) in [5.74, 6) is 1.07. The van der Waals surface area contributed by atoms with Crippen molar-refractivity contribution in [3.63, 3.8) is 0 Å². The monoisotopic (exact) mass is 278 g/mol. The van der Waals surface area contributed by atoms with Crippen molar-refractivity contribution in [1.29, 1.82) is 0 Å². The van der Waals surface area contributed by atoms with E-state index < -0.39 is 0 Å². The Bertz CT molecular complexity index is 893. The van der Waals surface area contributed by atoms with Gasteiger partial charge in [-0.15, -0.1) is 0 Å². The second-order valence-electron chi connectivity index (χ2n) is 4.52. The zero-order valence-corrected chi connectivity index (χ0v) is 11.1. The van der Waals surface area contributed by atoms with Gasteiger partial charge in [0.25, 0.3) is 0 Å². The molecule has 0 spiro atoms.